The SMILES string of the molecule is CC(C)(C(=O)S)C(=O)S. The summed E-state index contributed by atoms with van der Waals surface area (Å²) in [7, 11) is 0. The van der Waals surface area contributed by atoms with Crippen molar-refractivity contribution >= 4 is 35.5 Å². The molecule has 0 bridgehead atoms. The molecule has 0 amide bonds. The van der Waals surface area contributed by atoms with Gasteiger partial charge in [0.25, 0.3) is 0 Å². The lowest BCUT2D eigenvalue weighted by Gasteiger charge is -2.13. The average Bonchev–Trinajstić information content (AvgIpc) is 1.65. The second kappa shape index (κ2) is 2.75. The minimum absolute atomic E-state index is 0.456. The van der Waals surface area contributed by atoms with E-state index in [0.29, 0.717) is 0 Å². The molecule has 0 heterocycles. The maximum Gasteiger partial charge on any atom is 0.199 e. The lowest BCUT2D eigenvalue weighted by molar-refractivity contribution is -0.127. The predicted octanol–water partition coefficient (Wildman–Crippen LogP) is 0.925. The third kappa shape index (κ3) is 2.02. The van der Waals surface area contributed by atoms with Crippen LogP contribution in [0.5, 0.6) is 0 Å². The molecule has 0 radical (unpaired) electrons. The second-order valence-corrected chi connectivity index (χ2v) is 3.05. The minimum atomic E-state index is -1.05. The van der Waals surface area contributed by atoms with Crippen LogP contribution in [0.3, 0.4) is 0 Å². The van der Waals surface area contributed by atoms with E-state index in [4.69, 9.17) is 0 Å². The Labute approximate surface area is 64.8 Å². The third-order valence-electron chi connectivity index (χ3n) is 1.07. The van der Waals surface area contributed by atoms with Crippen molar-refractivity contribution in [2.45, 2.75) is 13.8 Å². The summed E-state index contributed by atoms with van der Waals surface area (Å²) in [5, 5.41) is -0.912. The highest BCUT2D eigenvalue weighted by atomic mass is 32.1. The van der Waals surface area contributed by atoms with E-state index in [-0.39, 0.29) is 0 Å². The molecule has 52 valence electrons. The second-order valence-electron chi connectivity index (χ2n) is 2.24. The Morgan fingerprint density at radius 2 is 1.33 bits per heavy atom. The topological polar surface area (TPSA) is 34.1 Å². The van der Waals surface area contributed by atoms with Crippen molar-refractivity contribution in [2.24, 2.45) is 5.41 Å². The zero-order chi connectivity index (χ0) is 7.65. The van der Waals surface area contributed by atoms with E-state index in [1.54, 1.807) is 0 Å². The molecule has 0 aromatic carbocycles. The molecule has 0 rings (SSSR count). The summed E-state index contributed by atoms with van der Waals surface area (Å²) in [6, 6.07) is 0. The molecule has 2 nitrogen and oxygen atoms in total. The van der Waals surface area contributed by atoms with E-state index in [0.717, 1.165) is 0 Å². The first-order valence-corrected chi connectivity index (χ1v) is 3.25. The van der Waals surface area contributed by atoms with E-state index in [1.165, 1.54) is 13.8 Å². The molecule has 0 aliphatic rings. The van der Waals surface area contributed by atoms with Crippen LogP contribution in [0.2, 0.25) is 0 Å². The molecular weight excluding hydrogens is 156 g/mol. The summed E-state index contributed by atoms with van der Waals surface area (Å²) in [6.07, 6.45) is 0. The molecule has 4 heteroatoms. The molecule has 0 saturated carbocycles. The third-order valence-corrected chi connectivity index (χ3v) is 2.19. The van der Waals surface area contributed by atoms with E-state index in [1.807, 2.05) is 0 Å². The fraction of sp³-hybridized carbons (Fsp3) is 0.600. The molecule has 0 fully saturated rings. The predicted molar refractivity (Wildman–Crippen MR) is 41.8 cm³/mol. The van der Waals surface area contributed by atoms with Gasteiger partial charge in [0.1, 0.15) is 5.41 Å². The number of hydrogen-bond donors (Lipinski definition) is 2. The summed E-state index contributed by atoms with van der Waals surface area (Å²) in [5.41, 5.74) is -1.05. The number of carbonyl (C=O) groups is 2. The highest BCUT2D eigenvalue weighted by molar-refractivity contribution is 7.99. The van der Waals surface area contributed by atoms with Gasteiger partial charge in [0.15, 0.2) is 10.2 Å². The molecule has 0 unspecified atom stereocenters. The summed E-state index contributed by atoms with van der Waals surface area (Å²) >= 11 is 7.02. The molecule has 9 heavy (non-hydrogen) atoms. The Kier molecular flexibility index (Phi) is 2.76. The van der Waals surface area contributed by atoms with Crippen molar-refractivity contribution in [1.29, 1.82) is 0 Å². The highest BCUT2D eigenvalue weighted by Gasteiger charge is 2.30. The van der Waals surface area contributed by atoms with Crippen LogP contribution in [0.15, 0.2) is 0 Å². The standard InChI is InChI=1S/C5H8O2S2/c1-5(2,3(6)8)4(7)9/h1-2H3,(H,6,8)(H,7,9). The van der Waals surface area contributed by atoms with E-state index in [9.17, 15) is 9.59 Å². The summed E-state index contributed by atoms with van der Waals surface area (Å²) in [6.45, 7) is 2.97. The summed E-state index contributed by atoms with van der Waals surface area (Å²) < 4.78 is 0. The lowest BCUT2D eigenvalue weighted by Crippen LogP contribution is -2.26. The van der Waals surface area contributed by atoms with Gasteiger partial charge in [-0.25, -0.2) is 0 Å². The van der Waals surface area contributed by atoms with Gasteiger partial charge in [-0.2, -0.15) is 0 Å². The lowest BCUT2D eigenvalue weighted by atomic mass is 9.98. The maximum absolute atomic E-state index is 10.5. The van der Waals surface area contributed by atoms with Gasteiger partial charge in [-0.1, -0.05) is 0 Å². The van der Waals surface area contributed by atoms with E-state index < -0.39 is 15.6 Å². The molecule has 0 aliphatic heterocycles. The van der Waals surface area contributed by atoms with Gasteiger partial charge >= 0.3 is 0 Å². The van der Waals surface area contributed by atoms with Crippen LogP contribution in [0, 0.1) is 5.41 Å². The van der Waals surface area contributed by atoms with Crippen LogP contribution in [0.1, 0.15) is 13.8 Å². The molecule has 0 aromatic heterocycles. The normalized spacial score (nSPS) is 11.1. The minimum Gasteiger partial charge on any atom is -0.286 e. The molecule has 0 N–H and O–H groups in total. The summed E-state index contributed by atoms with van der Waals surface area (Å²) in [4.78, 5) is 21.0. The van der Waals surface area contributed by atoms with Gasteiger partial charge < -0.3 is 0 Å². The van der Waals surface area contributed by atoms with Crippen LogP contribution >= 0.6 is 25.3 Å². The molecule has 0 aliphatic carbocycles. The van der Waals surface area contributed by atoms with E-state index in [2.05, 4.69) is 25.3 Å². The van der Waals surface area contributed by atoms with Gasteiger partial charge in [0.05, 0.1) is 0 Å². The first kappa shape index (κ1) is 9.04. The zero-order valence-corrected chi connectivity index (χ0v) is 7.00. The molecule has 0 saturated heterocycles. The van der Waals surface area contributed by atoms with Crippen LogP contribution in [-0.4, -0.2) is 10.2 Å². The van der Waals surface area contributed by atoms with Gasteiger partial charge in [-0.05, 0) is 13.8 Å². The fourth-order valence-corrected chi connectivity index (χ4v) is 0.383. The van der Waals surface area contributed by atoms with Crippen molar-refractivity contribution in [2.75, 3.05) is 0 Å². The van der Waals surface area contributed by atoms with E-state index >= 15 is 0 Å². The number of thiol groups is 2. The Bertz CT molecular complexity index is 135. The monoisotopic (exact) mass is 164 g/mol. The van der Waals surface area contributed by atoms with Crippen LogP contribution in [0.25, 0.3) is 0 Å². The van der Waals surface area contributed by atoms with Crippen molar-refractivity contribution in [1.82, 2.24) is 0 Å². The van der Waals surface area contributed by atoms with Gasteiger partial charge in [0.2, 0.25) is 0 Å². The molecular formula is C5H8O2S2. The van der Waals surface area contributed by atoms with Crippen LogP contribution < -0.4 is 0 Å². The molecule has 0 spiro atoms. The maximum atomic E-state index is 10.5. The quantitative estimate of drug-likeness (QED) is 0.470. The van der Waals surface area contributed by atoms with Gasteiger partial charge in [-0.15, -0.1) is 25.3 Å². The van der Waals surface area contributed by atoms with Gasteiger partial charge in [-0.3, -0.25) is 9.59 Å². The van der Waals surface area contributed by atoms with Crippen molar-refractivity contribution in [3.05, 3.63) is 0 Å². The number of carbonyl (C=O) groups excluding carboxylic acids is 2. The number of hydrogen-bond acceptors (Lipinski definition) is 2. The Morgan fingerprint density at radius 3 is 1.33 bits per heavy atom. The zero-order valence-electron chi connectivity index (χ0n) is 5.21. The Balaban J connectivity index is 4.38. The van der Waals surface area contributed by atoms with Crippen molar-refractivity contribution in [3.8, 4) is 0 Å². The first-order valence-electron chi connectivity index (χ1n) is 2.36. The average molecular weight is 164 g/mol. The first-order chi connectivity index (χ1) is 3.89. The number of rotatable bonds is 2. The molecule has 0 aromatic rings. The van der Waals surface area contributed by atoms with Crippen LogP contribution in [0.4, 0.5) is 0 Å². The Hall–Kier alpha value is 0.0400. The van der Waals surface area contributed by atoms with Gasteiger partial charge in [0, 0.05) is 0 Å². The van der Waals surface area contributed by atoms with Crippen molar-refractivity contribution < 1.29 is 9.59 Å². The largest absolute Gasteiger partial charge is 0.286 e. The van der Waals surface area contributed by atoms with Crippen LogP contribution in [-0.2, 0) is 9.59 Å². The smallest absolute Gasteiger partial charge is 0.199 e. The summed E-state index contributed by atoms with van der Waals surface area (Å²) in [5.74, 6) is 0. The van der Waals surface area contributed by atoms with Crippen molar-refractivity contribution in [3.63, 3.8) is 0 Å². The fourth-order valence-electron chi connectivity index (χ4n) is 0.0915. The highest BCUT2D eigenvalue weighted by Crippen LogP contribution is 2.21. The molecule has 0 atom stereocenters. The Morgan fingerprint density at radius 1 is 1.11 bits per heavy atom.